The lowest BCUT2D eigenvalue weighted by Crippen LogP contribution is -2.43. The summed E-state index contributed by atoms with van der Waals surface area (Å²) in [5.74, 6) is -0.326. The van der Waals surface area contributed by atoms with E-state index in [9.17, 15) is 9.59 Å². The molecule has 7 nitrogen and oxygen atoms in total. The average Bonchev–Trinajstić information content (AvgIpc) is 2.94. The maximum atomic E-state index is 12.5. The van der Waals surface area contributed by atoms with Gasteiger partial charge in [0.2, 0.25) is 5.91 Å². The van der Waals surface area contributed by atoms with E-state index in [0.29, 0.717) is 21.1 Å². The molecule has 0 aliphatic rings. The standard InChI is InChI=1S/C17H17Cl2N5O2/c1-17(2,10-4-5-12(18)13(19)6-10)22-14(25)8-24-9-20-15-11(16(24)26)7-21-23(15)3/h4-7,9H,8H2,1-3H3,(H,22,25). The van der Waals surface area contributed by atoms with Crippen molar-refractivity contribution in [2.75, 3.05) is 0 Å². The van der Waals surface area contributed by atoms with Crippen molar-refractivity contribution in [3.8, 4) is 0 Å². The number of aryl methyl sites for hydroxylation is 1. The Kier molecular flexibility index (Phi) is 4.77. The Morgan fingerprint density at radius 1 is 1.27 bits per heavy atom. The zero-order valence-corrected chi connectivity index (χ0v) is 16.0. The molecule has 0 atom stereocenters. The first-order valence-electron chi connectivity index (χ1n) is 7.83. The molecule has 2 aromatic heterocycles. The van der Waals surface area contributed by atoms with Gasteiger partial charge in [-0.3, -0.25) is 18.8 Å². The zero-order chi connectivity index (χ0) is 19.1. The Labute approximate surface area is 159 Å². The van der Waals surface area contributed by atoms with Crippen LogP contribution in [-0.2, 0) is 23.9 Å². The summed E-state index contributed by atoms with van der Waals surface area (Å²) in [4.78, 5) is 29.1. The van der Waals surface area contributed by atoms with Gasteiger partial charge in [0.05, 0.1) is 21.8 Å². The minimum Gasteiger partial charge on any atom is -0.346 e. The fourth-order valence-corrected chi connectivity index (χ4v) is 2.98. The van der Waals surface area contributed by atoms with E-state index in [0.717, 1.165) is 5.56 Å². The van der Waals surface area contributed by atoms with Crippen LogP contribution in [0, 0.1) is 0 Å². The minimum atomic E-state index is -0.694. The van der Waals surface area contributed by atoms with Gasteiger partial charge in [0.15, 0.2) is 5.65 Å². The van der Waals surface area contributed by atoms with Crippen LogP contribution >= 0.6 is 23.2 Å². The quantitative estimate of drug-likeness (QED) is 0.737. The van der Waals surface area contributed by atoms with Gasteiger partial charge >= 0.3 is 0 Å². The van der Waals surface area contributed by atoms with Gasteiger partial charge in [-0.15, -0.1) is 0 Å². The molecular weight excluding hydrogens is 377 g/mol. The number of nitrogens with one attached hydrogen (secondary N) is 1. The normalized spacial score (nSPS) is 11.7. The second kappa shape index (κ2) is 6.74. The van der Waals surface area contributed by atoms with Crippen molar-refractivity contribution in [1.29, 1.82) is 0 Å². The van der Waals surface area contributed by atoms with E-state index in [1.807, 2.05) is 13.8 Å². The van der Waals surface area contributed by atoms with Crippen molar-refractivity contribution < 1.29 is 4.79 Å². The van der Waals surface area contributed by atoms with Gasteiger partial charge in [0.25, 0.3) is 5.56 Å². The van der Waals surface area contributed by atoms with Crippen LogP contribution in [0.3, 0.4) is 0 Å². The second-order valence-electron chi connectivity index (χ2n) is 6.49. The molecule has 1 N–H and O–H groups in total. The first-order valence-corrected chi connectivity index (χ1v) is 8.58. The third-order valence-corrected chi connectivity index (χ3v) is 4.86. The van der Waals surface area contributed by atoms with Crippen molar-refractivity contribution in [3.05, 3.63) is 56.7 Å². The number of carbonyl (C=O) groups is 1. The Morgan fingerprint density at radius 2 is 2.00 bits per heavy atom. The van der Waals surface area contributed by atoms with Gasteiger partial charge in [0.1, 0.15) is 18.3 Å². The van der Waals surface area contributed by atoms with Gasteiger partial charge in [-0.05, 0) is 31.5 Å². The van der Waals surface area contributed by atoms with E-state index in [-0.39, 0.29) is 18.0 Å². The number of halogens is 2. The van der Waals surface area contributed by atoms with Gasteiger partial charge in [-0.25, -0.2) is 4.98 Å². The first-order chi connectivity index (χ1) is 12.2. The molecule has 0 radical (unpaired) electrons. The van der Waals surface area contributed by atoms with Gasteiger partial charge < -0.3 is 5.32 Å². The maximum absolute atomic E-state index is 12.5. The zero-order valence-electron chi connectivity index (χ0n) is 14.5. The highest BCUT2D eigenvalue weighted by atomic mass is 35.5. The number of hydrogen-bond acceptors (Lipinski definition) is 4. The molecule has 26 heavy (non-hydrogen) atoms. The Balaban J connectivity index is 1.81. The SMILES string of the molecule is Cn1ncc2c(=O)n(CC(=O)NC(C)(C)c3ccc(Cl)c(Cl)c3)cnc21. The van der Waals surface area contributed by atoms with Crippen LogP contribution in [0.2, 0.25) is 10.0 Å². The molecule has 0 saturated carbocycles. The van der Waals surface area contributed by atoms with E-state index >= 15 is 0 Å². The lowest BCUT2D eigenvalue weighted by Gasteiger charge is -2.27. The van der Waals surface area contributed by atoms with Crippen LogP contribution < -0.4 is 10.9 Å². The summed E-state index contributed by atoms with van der Waals surface area (Å²) in [6, 6.07) is 5.18. The Hall–Kier alpha value is -2.38. The number of carbonyl (C=O) groups excluding carboxylic acids is 1. The topological polar surface area (TPSA) is 81.8 Å². The summed E-state index contributed by atoms with van der Waals surface area (Å²) in [6.07, 6.45) is 2.79. The average molecular weight is 394 g/mol. The fraction of sp³-hybridized carbons (Fsp3) is 0.294. The Bertz CT molecular complexity index is 1050. The highest BCUT2D eigenvalue weighted by Crippen LogP contribution is 2.28. The molecule has 136 valence electrons. The van der Waals surface area contributed by atoms with Crippen LogP contribution in [0.4, 0.5) is 0 Å². The molecule has 1 aromatic carbocycles. The molecule has 0 saturated heterocycles. The van der Waals surface area contributed by atoms with E-state index in [4.69, 9.17) is 23.2 Å². The minimum absolute atomic E-state index is 0.151. The second-order valence-corrected chi connectivity index (χ2v) is 7.30. The number of amides is 1. The van der Waals surface area contributed by atoms with Gasteiger partial charge in [-0.2, -0.15) is 5.10 Å². The van der Waals surface area contributed by atoms with Crippen molar-refractivity contribution in [1.82, 2.24) is 24.6 Å². The molecule has 1 amide bonds. The lowest BCUT2D eigenvalue weighted by atomic mass is 9.94. The predicted molar refractivity (Wildman–Crippen MR) is 100 cm³/mol. The largest absolute Gasteiger partial charge is 0.346 e. The summed E-state index contributed by atoms with van der Waals surface area (Å²) in [5.41, 5.74) is 0.266. The number of rotatable bonds is 4. The third-order valence-electron chi connectivity index (χ3n) is 4.13. The molecule has 0 spiro atoms. The fourth-order valence-electron chi connectivity index (χ4n) is 2.68. The number of fused-ring (bicyclic) bond motifs is 1. The van der Waals surface area contributed by atoms with E-state index in [2.05, 4.69) is 15.4 Å². The maximum Gasteiger partial charge on any atom is 0.264 e. The van der Waals surface area contributed by atoms with E-state index in [1.54, 1.807) is 25.2 Å². The van der Waals surface area contributed by atoms with Crippen molar-refractivity contribution >= 4 is 40.1 Å². The number of aromatic nitrogens is 4. The molecule has 0 fully saturated rings. The highest BCUT2D eigenvalue weighted by Gasteiger charge is 2.24. The predicted octanol–water partition coefficient (Wildman–Crippen LogP) is 2.49. The molecular formula is C17H17Cl2N5O2. The van der Waals surface area contributed by atoms with Crippen molar-refractivity contribution in [2.24, 2.45) is 7.05 Å². The van der Waals surface area contributed by atoms with Crippen LogP contribution in [0.5, 0.6) is 0 Å². The molecule has 0 unspecified atom stereocenters. The summed E-state index contributed by atoms with van der Waals surface area (Å²) < 4.78 is 2.76. The summed E-state index contributed by atoms with van der Waals surface area (Å²) in [7, 11) is 1.70. The summed E-state index contributed by atoms with van der Waals surface area (Å²) in [6.45, 7) is 3.53. The number of benzene rings is 1. The summed E-state index contributed by atoms with van der Waals surface area (Å²) in [5, 5.41) is 8.13. The van der Waals surface area contributed by atoms with E-state index < -0.39 is 5.54 Å². The summed E-state index contributed by atoms with van der Waals surface area (Å²) >= 11 is 12.0. The molecule has 0 aliphatic heterocycles. The molecule has 3 aromatic rings. The first kappa shape index (κ1) is 18.4. The van der Waals surface area contributed by atoms with Crippen LogP contribution in [0.15, 0.2) is 35.5 Å². The molecule has 9 heteroatoms. The van der Waals surface area contributed by atoms with Crippen LogP contribution in [-0.4, -0.2) is 25.2 Å². The number of nitrogens with zero attached hydrogens (tertiary/aromatic N) is 4. The van der Waals surface area contributed by atoms with Crippen molar-refractivity contribution in [3.63, 3.8) is 0 Å². The van der Waals surface area contributed by atoms with Crippen molar-refractivity contribution in [2.45, 2.75) is 25.9 Å². The van der Waals surface area contributed by atoms with Gasteiger partial charge in [-0.1, -0.05) is 29.3 Å². The van der Waals surface area contributed by atoms with Crippen LogP contribution in [0.25, 0.3) is 11.0 Å². The molecule has 2 heterocycles. The van der Waals surface area contributed by atoms with Gasteiger partial charge in [0, 0.05) is 7.05 Å². The lowest BCUT2D eigenvalue weighted by molar-refractivity contribution is -0.123. The van der Waals surface area contributed by atoms with Crippen LogP contribution in [0.1, 0.15) is 19.4 Å². The molecule has 3 rings (SSSR count). The Morgan fingerprint density at radius 3 is 2.69 bits per heavy atom. The smallest absolute Gasteiger partial charge is 0.264 e. The molecule has 0 bridgehead atoms. The monoisotopic (exact) mass is 393 g/mol. The van der Waals surface area contributed by atoms with E-state index in [1.165, 1.54) is 21.8 Å². The number of hydrogen-bond donors (Lipinski definition) is 1. The highest BCUT2D eigenvalue weighted by molar-refractivity contribution is 6.42. The molecule has 0 aliphatic carbocycles. The third kappa shape index (κ3) is 3.45.